The van der Waals surface area contributed by atoms with Gasteiger partial charge in [0.25, 0.3) is 0 Å². The predicted molar refractivity (Wildman–Crippen MR) is 120 cm³/mol. The summed E-state index contributed by atoms with van der Waals surface area (Å²) in [6.07, 6.45) is 1.49. The minimum absolute atomic E-state index is 0.0150. The molecule has 152 valence electrons. The van der Waals surface area contributed by atoms with Gasteiger partial charge < -0.3 is 5.32 Å². The number of halogens is 1. The van der Waals surface area contributed by atoms with Crippen molar-refractivity contribution < 1.29 is 14.0 Å². The monoisotopic (exact) mass is 457 g/mol. The molecule has 0 saturated heterocycles. The molecule has 30 heavy (non-hydrogen) atoms. The zero-order valence-electron chi connectivity index (χ0n) is 15.8. The summed E-state index contributed by atoms with van der Waals surface area (Å²) in [5.41, 5.74) is 1.72. The van der Waals surface area contributed by atoms with Crippen LogP contribution >= 0.6 is 34.4 Å². The number of carbonyl (C=O) groups excluding carboxylic acids is 2. The Labute approximate surface area is 184 Å². The van der Waals surface area contributed by atoms with Gasteiger partial charge in [-0.15, -0.1) is 22.7 Å². The first-order valence-corrected chi connectivity index (χ1v) is 11.6. The summed E-state index contributed by atoms with van der Waals surface area (Å²) in [6.45, 7) is 1.89. The lowest BCUT2D eigenvalue weighted by atomic mass is 10.2. The van der Waals surface area contributed by atoms with Crippen molar-refractivity contribution in [3.63, 3.8) is 0 Å². The van der Waals surface area contributed by atoms with Crippen LogP contribution in [0, 0.1) is 5.82 Å². The highest BCUT2D eigenvalue weighted by molar-refractivity contribution is 8.00. The Kier molecular flexibility index (Phi) is 6.21. The Morgan fingerprint density at radius 3 is 2.67 bits per heavy atom. The third-order valence-corrected chi connectivity index (χ3v) is 7.62. The Morgan fingerprint density at radius 2 is 1.90 bits per heavy atom. The van der Waals surface area contributed by atoms with Gasteiger partial charge in [0, 0.05) is 16.7 Å². The van der Waals surface area contributed by atoms with E-state index in [0.29, 0.717) is 11.4 Å². The van der Waals surface area contributed by atoms with Crippen molar-refractivity contribution in [2.75, 3.05) is 5.75 Å². The third-order valence-electron chi connectivity index (χ3n) is 4.20. The molecular formula is C21H16FN3O2S3. The van der Waals surface area contributed by atoms with Crippen LogP contribution in [0.2, 0.25) is 0 Å². The number of thiophene rings is 2. The van der Waals surface area contributed by atoms with Crippen molar-refractivity contribution in [3.05, 3.63) is 64.4 Å². The molecule has 0 bridgehead atoms. The first-order chi connectivity index (χ1) is 14.5. The zero-order valence-corrected chi connectivity index (χ0v) is 18.3. The van der Waals surface area contributed by atoms with Crippen molar-refractivity contribution >= 4 is 56.3 Å². The van der Waals surface area contributed by atoms with Gasteiger partial charge in [-0.25, -0.2) is 14.4 Å². The quantitative estimate of drug-likeness (QED) is 0.235. The fraction of sp³-hybridized carbons (Fsp3) is 0.143. The molecule has 0 fully saturated rings. The Morgan fingerprint density at radius 1 is 1.10 bits per heavy atom. The van der Waals surface area contributed by atoms with E-state index in [1.54, 1.807) is 18.2 Å². The van der Waals surface area contributed by atoms with Crippen LogP contribution in [0.1, 0.15) is 21.5 Å². The topological polar surface area (TPSA) is 72.0 Å². The molecule has 1 N–H and O–H groups in total. The van der Waals surface area contributed by atoms with Gasteiger partial charge in [0.05, 0.1) is 27.4 Å². The van der Waals surface area contributed by atoms with Crippen LogP contribution in [0.4, 0.5) is 4.39 Å². The molecule has 0 saturated carbocycles. The second-order valence-electron chi connectivity index (χ2n) is 6.40. The van der Waals surface area contributed by atoms with E-state index in [2.05, 4.69) is 15.3 Å². The van der Waals surface area contributed by atoms with Gasteiger partial charge in [-0.1, -0.05) is 23.9 Å². The summed E-state index contributed by atoms with van der Waals surface area (Å²) in [7, 11) is 0. The lowest BCUT2D eigenvalue weighted by Crippen LogP contribution is -2.18. The molecule has 0 atom stereocenters. The number of nitrogens with zero attached hydrogens (tertiary/aromatic N) is 2. The average molecular weight is 458 g/mol. The molecule has 1 aromatic carbocycles. The van der Waals surface area contributed by atoms with E-state index in [-0.39, 0.29) is 23.3 Å². The minimum atomic E-state index is -0.275. The predicted octanol–water partition coefficient (Wildman–Crippen LogP) is 5.17. The van der Waals surface area contributed by atoms with E-state index in [1.165, 1.54) is 59.8 Å². The summed E-state index contributed by atoms with van der Waals surface area (Å²) in [4.78, 5) is 34.9. The number of hydrogen-bond donors (Lipinski definition) is 1. The maximum atomic E-state index is 13.2. The second kappa shape index (κ2) is 9.03. The van der Waals surface area contributed by atoms with E-state index < -0.39 is 0 Å². The number of amides is 1. The number of hydrogen-bond acceptors (Lipinski definition) is 7. The van der Waals surface area contributed by atoms with Crippen LogP contribution in [0.5, 0.6) is 0 Å². The highest BCUT2D eigenvalue weighted by Gasteiger charge is 2.15. The molecular weight excluding hydrogens is 441 g/mol. The van der Waals surface area contributed by atoms with Gasteiger partial charge in [-0.3, -0.25) is 9.59 Å². The minimum Gasteiger partial charge on any atom is -0.351 e. The molecule has 0 aliphatic carbocycles. The molecule has 4 rings (SSSR count). The molecule has 0 spiro atoms. The number of rotatable bonds is 7. The molecule has 0 aliphatic rings. The van der Waals surface area contributed by atoms with Crippen LogP contribution in [0.25, 0.3) is 20.7 Å². The first-order valence-electron chi connectivity index (χ1n) is 8.99. The van der Waals surface area contributed by atoms with Gasteiger partial charge in [-0.2, -0.15) is 0 Å². The normalized spacial score (nSPS) is 11.0. The van der Waals surface area contributed by atoms with Crippen LogP contribution in [-0.4, -0.2) is 27.4 Å². The number of carbonyl (C=O) groups is 2. The summed E-state index contributed by atoms with van der Waals surface area (Å²) < 4.78 is 14.1. The lowest BCUT2D eigenvalue weighted by molar-refractivity contribution is -0.119. The van der Waals surface area contributed by atoms with Gasteiger partial charge in [0.2, 0.25) is 5.91 Å². The number of nitrogens with one attached hydrogen (secondary N) is 1. The smallest absolute Gasteiger partial charge is 0.217 e. The lowest BCUT2D eigenvalue weighted by Gasteiger charge is -2.01. The van der Waals surface area contributed by atoms with E-state index in [9.17, 15) is 14.0 Å². The number of aromatic nitrogens is 2. The fourth-order valence-electron chi connectivity index (χ4n) is 2.73. The number of fused-ring (bicyclic) bond motifs is 1. The molecule has 0 radical (unpaired) electrons. The molecule has 1 amide bonds. The van der Waals surface area contributed by atoms with E-state index in [0.717, 1.165) is 30.6 Å². The number of thioether (sulfide) groups is 1. The van der Waals surface area contributed by atoms with Crippen LogP contribution < -0.4 is 5.32 Å². The maximum absolute atomic E-state index is 13.2. The summed E-state index contributed by atoms with van der Waals surface area (Å²) in [5, 5.41) is 3.48. The van der Waals surface area contributed by atoms with E-state index in [1.807, 2.05) is 12.1 Å². The Balaban J connectivity index is 1.48. The van der Waals surface area contributed by atoms with E-state index in [4.69, 9.17) is 0 Å². The summed E-state index contributed by atoms with van der Waals surface area (Å²) in [6, 6.07) is 11.9. The molecule has 3 heterocycles. The number of Topliss-reactive ketones (excluding diaryl/α,β-unsaturated/α-hetero) is 1. The van der Waals surface area contributed by atoms with Crippen LogP contribution in [-0.2, 0) is 11.3 Å². The second-order valence-corrected chi connectivity index (χ2v) is 9.58. The highest BCUT2D eigenvalue weighted by atomic mass is 32.2. The maximum Gasteiger partial charge on any atom is 0.217 e. The van der Waals surface area contributed by atoms with Crippen LogP contribution in [0.15, 0.2) is 53.8 Å². The molecule has 0 aliphatic heterocycles. The Hall–Kier alpha value is -2.62. The van der Waals surface area contributed by atoms with Gasteiger partial charge in [0.15, 0.2) is 5.78 Å². The standard InChI is InChI=1S/C21H16FN3O2S3/c1-12(26)23-9-15-6-7-18(29-15)17(27)10-28-21-20-16(24-11-25-21)8-19(30-20)13-2-4-14(22)5-3-13/h2-8,11H,9-10H2,1H3,(H,23,26). The zero-order chi connectivity index (χ0) is 21.1. The Bertz CT molecular complexity index is 1220. The number of ketones is 1. The SMILES string of the molecule is CC(=O)NCc1ccc(C(=O)CSc2ncnc3cc(-c4ccc(F)cc4)sc23)s1. The molecule has 3 aromatic heterocycles. The molecule has 4 aromatic rings. The van der Waals surface area contributed by atoms with Crippen molar-refractivity contribution in [2.24, 2.45) is 0 Å². The average Bonchev–Trinajstić information content (AvgIpc) is 3.38. The molecule has 9 heteroatoms. The van der Waals surface area contributed by atoms with Gasteiger partial charge in [-0.05, 0) is 35.9 Å². The van der Waals surface area contributed by atoms with Crippen molar-refractivity contribution in [1.82, 2.24) is 15.3 Å². The largest absolute Gasteiger partial charge is 0.351 e. The fourth-order valence-corrected chi connectivity index (χ4v) is 5.79. The van der Waals surface area contributed by atoms with Crippen molar-refractivity contribution in [1.29, 1.82) is 0 Å². The van der Waals surface area contributed by atoms with Gasteiger partial charge >= 0.3 is 0 Å². The van der Waals surface area contributed by atoms with Gasteiger partial charge in [0.1, 0.15) is 17.2 Å². The van der Waals surface area contributed by atoms with Crippen LogP contribution in [0.3, 0.4) is 0 Å². The van der Waals surface area contributed by atoms with E-state index >= 15 is 0 Å². The van der Waals surface area contributed by atoms with Crippen molar-refractivity contribution in [3.8, 4) is 10.4 Å². The molecule has 5 nitrogen and oxygen atoms in total. The highest BCUT2D eigenvalue weighted by Crippen LogP contribution is 2.37. The molecule has 0 unspecified atom stereocenters. The summed E-state index contributed by atoms with van der Waals surface area (Å²) in [5.74, 6) is -0.101. The number of benzene rings is 1. The first kappa shape index (κ1) is 20.6. The third kappa shape index (κ3) is 4.75. The summed E-state index contributed by atoms with van der Waals surface area (Å²) >= 11 is 4.29. The van der Waals surface area contributed by atoms with Crippen molar-refractivity contribution in [2.45, 2.75) is 18.5 Å².